The summed E-state index contributed by atoms with van der Waals surface area (Å²) in [6.45, 7) is 19.6. The zero-order chi connectivity index (χ0) is 18.0. The molecule has 5 heteroatoms. The molecule has 0 saturated carbocycles. The van der Waals surface area contributed by atoms with Crippen LogP contribution in [0.2, 0.25) is 0 Å². The molecule has 0 N–H and O–H groups in total. The summed E-state index contributed by atoms with van der Waals surface area (Å²) < 4.78 is 2.08. The van der Waals surface area contributed by atoms with Crippen molar-refractivity contribution in [3.63, 3.8) is 0 Å². The van der Waals surface area contributed by atoms with Gasteiger partial charge in [-0.3, -0.25) is 19.4 Å². The van der Waals surface area contributed by atoms with Crippen LogP contribution in [0.15, 0.2) is 12.4 Å². The largest absolute Gasteiger partial charge is 0.300 e. The predicted octanol–water partition coefficient (Wildman–Crippen LogP) is 2.63. The summed E-state index contributed by atoms with van der Waals surface area (Å²) >= 11 is 0. The van der Waals surface area contributed by atoms with Gasteiger partial charge in [-0.05, 0) is 47.5 Å². The van der Waals surface area contributed by atoms with Gasteiger partial charge in [0.2, 0.25) is 0 Å². The molecule has 142 valence electrons. The van der Waals surface area contributed by atoms with Crippen molar-refractivity contribution < 1.29 is 0 Å². The lowest BCUT2D eigenvalue weighted by Crippen LogP contribution is -2.48. The average molecular weight is 348 g/mol. The fraction of sp³-hybridized carbons (Fsp3) is 0.850. The first-order valence-electron chi connectivity index (χ1n) is 10.1. The zero-order valence-corrected chi connectivity index (χ0v) is 16.9. The van der Waals surface area contributed by atoms with Crippen molar-refractivity contribution in [3.8, 4) is 0 Å². The Morgan fingerprint density at radius 3 is 2.12 bits per heavy atom. The molecular formula is C20H37N5. The first kappa shape index (κ1) is 18.9. The van der Waals surface area contributed by atoms with Crippen LogP contribution in [0.4, 0.5) is 0 Å². The summed E-state index contributed by atoms with van der Waals surface area (Å²) in [5.74, 6) is 0. The van der Waals surface area contributed by atoms with Crippen LogP contribution in [-0.2, 0) is 12.1 Å². The van der Waals surface area contributed by atoms with Gasteiger partial charge in [0.1, 0.15) is 0 Å². The highest BCUT2D eigenvalue weighted by Crippen LogP contribution is 2.23. The number of nitrogens with zero attached hydrogens (tertiary/aromatic N) is 5. The van der Waals surface area contributed by atoms with Gasteiger partial charge in [-0.15, -0.1) is 0 Å². The molecule has 0 unspecified atom stereocenters. The fourth-order valence-electron chi connectivity index (χ4n) is 4.18. The molecule has 0 spiro atoms. The predicted molar refractivity (Wildman–Crippen MR) is 104 cm³/mol. The van der Waals surface area contributed by atoms with Crippen LogP contribution in [0.25, 0.3) is 0 Å². The Labute approximate surface area is 154 Å². The summed E-state index contributed by atoms with van der Waals surface area (Å²) in [6, 6.07) is 1.55. The van der Waals surface area contributed by atoms with E-state index in [2.05, 4.69) is 65.3 Å². The Balaban J connectivity index is 1.41. The molecule has 0 aliphatic carbocycles. The molecule has 2 saturated heterocycles. The first-order chi connectivity index (χ1) is 11.8. The van der Waals surface area contributed by atoms with Gasteiger partial charge in [0.05, 0.1) is 11.7 Å². The molecule has 2 aliphatic heterocycles. The van der Waals surface area contributed by atoms with Crippen molar-refractivity contribution in [1.29, 1.82) is 0 Å². The van der Waals surface area contributed by atoms with Crippen molar-refractivity contribution >= 4 is 0 Å². The van der Waals surface area contributed by atoms with Crippen LogP contribution in [0.5, 0.6) is 0 Å². The Bertz CT molecular complexity index is 529. The first-order valence-corrected chi connectivity index (χ1v) is 10.1. The van der Waals surface area contributed by atoms with E-state index in [1.165, 1.54) is 57.7 Å². The van der Waals surface area contributed by atoms with Gasteiger partial charge >= 0.3 is 0 Å². The maximum Gasteiger partial charge on any atom is 0.0543 e. The minimum absolute atomic E-state index is 0.0702. The molecule has 2 fully saturated rings. The molecule has 0 aromatic carbocycles. The normalized spacial score (nSPS) is 27.2. The molecule has 3 rings (SSSR count). The third kappa shape index (κ3) is 4.83. The van der Waals surface area contributed by atoms with E-state index in [4.69, 9.17) is 0 Å². The minimum Gasteiger partial charge on any atom is -0.300 e. The van der Waals surface area contributed by atoms with E-state index in [9.17, 15) is 0 Å². The van der Waals surface area contributed by atoms with E-state index >= 15 is 0 Å². The second-order valence-corrected chi connectivity index (χ2v) is 9.09. The van der Waals surface area contributed by atoms with Gasteiger partial charge in [-0.2, -0.15) is 5.10 Å². The minimum atomic E-state index is 0.0702. The van der Waals surface area contributed by atoms with Gasteiger partial charge in [0, 0.05) is 69.7 Å². The van der Waals surface area contributed by atoms with Gasteiger partial charge in [-0.1, -0.05) is 0 Å². The number of likely N-dealkylation sites (tertiary alicyclic amines) is 1. The SMILES string of the molecule is C[C@H]1CC[C@H](C)N1CCN1CCN(Cc2cnn(C(C)(C)C)c2)CC1. The topological polar surface area (TPSA) is 27.5 Å². The summed E-state index contributed by atoms with van der Waals surface area (Å²) in [5, 5.41) is 4.53. The Morgan fingerprint density at radius 2 is 1.56 bits per heavy atom. The quantitative estimate of drug-likeness (QED) is 0.818. The van der Waals surface area contributed by atoms with Crippen molar-refractivity contribution in [2.45, 2.75) is 71.6 Å². The molecular weight excluding hydrogens is 310 g/mol. The van der Waals surface area contributed by atoms with Crippen LogP contribution < -0.4 is 0 Å². The summed E-state index contributed by atoms with van der Waals surface area (Å²) in [7, 11) is 0. The number of rotatable bonds is 5. The van der Waals surface area contributed by atoms with Crippen LogP contribution in [0.3, 0.4) is 0 Å². The van der Waals surface area contributed by atoms with E-state index in [1.807, 2.05) is 6.20 Å². The van der Waals surface area contributed by atoms with Crippen LogP contribution in [0.1, 0.15) is 53.0 Å². The summed E-state index contributed by atoms with van der Waals surface area (Å²) in [4.78, 5) is 7.92. The van der Waals surface area contributed by atoms with Crippen molar-refractivity contribution in [2.24, 2.45) is 0 Å². The summed E-state index contributed by atoms with van der Waals surface area (Å²) in [5.41, 5.74) is 1.41. The molecule has 1 aromatic rings. The molecule has 2 aliphatic rings. The standard InChI is InChI=1S/C20H37N5/c1-17-6-7-18(2)24(17)13-12-22-8-10-23(11-9-22)15-19-14-21-25(16-19)20(3,4)5/h14,16-18H,6-13,15H2,1-5H3/t17-,18-/m0/s1. The maximum atomic E-state index is 4.53. The Morgan fingerprint density at radius 1 is 0.960 bits per heavy atom. The molecule has 3 heterocycles. The van der Waals surface area contributed by atoms with E-state index in [0.29, 0.717) is 0 Å². The van der Waals surface area contributed by atoms with Gasteiger partial charge < -0.3 is 0 Å². The Hall–Kier alpha value is -0.910. The molecule has 0 radical (unpaired) electrons. The lowest BCUT2D eigenvalue weighted by atomic mass is 10.1. The molecule has 25 heavy (non-hydrogen) atoms. The summed E-state index contributed by atoms with van der Waals surface area (Å²) in [6.07, 6.45) is 6.99. The maximum absolute atomic E-state index is 4.53. The highest BCUT2D eigenvalue weighted by molar-refractivity contribution is 5.05. The highest BCUT2D eigenvalue weighted by atomic mass is 15.3. The third-order valence-electron chi connectivity index (χ3n) is 6.00. The number of piperazine rings is 1. The molecule has 5 nitrogen and oxygen atoms in total. The molecule has 2 atom stereocenters. The van der Waals surface area contributed by atoms with E-state index < -0.39 is 0 Å². The second-order valence-electron chi connectivity index (χ2n) is 9.09. The third-order valence-corrected chi connectivity index (χ3v) is 6.00. The van der Waals surface area contributed by atoms with Gasteiger partial charge in [-0.25, -0.2) is 0 Å². The second kappa shape index (κ2) is 7.77. The van der Waals surface area contributed by atoms with Crippen molar-refractivity contribution in [2.75, 3.05) is 39.3 Å². The van der Waals surface area contributed by atoms with Crippen LogP contribution >= 0.6 is 0 Å². The average Bonchev–Trinajstić information content (AvgIpc) is 3.14. The number of hydrogen-bond donors (Lipinski definition) is 0. The Kier molecular flexibility index (Phi) is 5.86. The molecule has 1 aromatic heterocycles. The lowest BCUT2D eigenvalue weighted by molar-refractivity contribution is 0.106. The number of aromatic nitrogens is 2. The van der Waals surface area contributed by atoms with Crippen molar-refractivity contribution in [1.82, 2.24) is 24.5 Å². The van der Waals surface area contributed by atoms with Gasteiger partial charge in [0.25, 0.3) is 0 Å². The van der Waals surface area contributed by atoms with E-state index in [1.54, 1.807) is 0 Å². The van der Waals surface area contributed by atoms with E-state index in [-0.39, 0.29) is 5.54 Å². The monoisotopic (exact) mass is 347 g/mol. The van der Waals surface area contributed by atoms with E-state index in [0.717, 1.165) is 18.6 Å². The number of hydrogen-bond acceptors (Lipinski definition) is 4. The fourth-order valence-corrected chi connectivity index (χ4v) is 4.18. The molecule has 0 amide bonds. The van der Waals surface area contributed by atoms with Gasteiger partial charge in [0.15, 0.2) is 0 Å². The highest BCUT2D eigenvalue weighted by Gasteiger charge is 2.27. The van der Waals surface area contributed by atoms with Crippen LogP contribution in [0, 0.1) is 0 Å². The lowest BCUT2D eigenvalue weighted by Gasteiger charge is -2.36. The van der Waals surface area contributed by atoms with Crippen LogP contribution in [-0.4, -0.2) is 75.8 Å². The smallest absolute Gasteiger partial charge is 0.0543 e. The van der Waals surface area contributed by atoms with Crippen molar-refractivity contribution in [3.05, 3.63) is 18.0 Å². The molecule has 0 bridgehead atoms. The zero-order valence-electron chi connectivity index (χ0n) is 16.9.